The van der Waals surface area contributed by atoms with Crippen LogP contribution in [-0.2, 0) is 24.2 Å². The van der Waals surface area contributed by atoms with Crippen LogP contribution in [0.3, 0.4) is 0 Å². The van der Waals surface area contributed by atoms with Crippen LogP contribution in [0.2, 0.25) is 0 Å². The van der Waals surface area contributed by atoms with Crippen LogP contribution in [0.5, 0.6) is 0 Å². The maximum Gasteiger partial charge on any atom is 0.230 e. The van der Waals surface area contributed by atoms with Gasteiger partial charge >= 0.3 is 0 Å². The first kappa shape index (κ1) is 19.6. The highest BCUT2D eigenvalue weighted by atomic mass is 32.1. The van der Waals surface area contributed by atoms with Gasteiger partial charge in [0.15, 0.2) is 5.13 Å². The molecule has 2 heterocycles. The van der Waals surface area contributed by atoms with Crippen LogP contribution < -0.4 is 9.80 Å². The first-order chi connectivity index (χ1) is 14.1. The second-order valence-electron chi connectivity index (χ2n) is 7.62. The number of aryl methyl sites for hydroxylation is 3. The molecule has 29 heavy (non-hydrogen) atoms. The van der Waals surface area contributed by atoms with Crippen LogP contribution in [-0.4, -0.2) is 17.4 Å². The summed E-state index contributed by atoms with van der Waals surface area (Å²) in [5, 5.41) is 2.83. The number of rotatable bonds is 5. The SMILES string of the molecule is CCc1ccccc1N(C(C)=O)c1nc(CN2CCCc3cc(C)ccc32)cs1. The summed E-state index contributed by atoms with van der Waals surface area (Å²) in [6.07, 6.45) is 3.18. The lowest BCUT2D eigenvalue weighted by Crippen LogP contribution is -2.29. The third kappa shape index (κ3) is 4.06. The summed E-state index contributed by atoms with van der Waals surface area (Å²) < 4.78 is 0. The molecule has 0 spiro atoms. The zero-order valence-corrected chi connectivity index (χ0v) is 18.1. The Morgan fingerprint density at radius 1 is 1.24 bits per heavy atom. The van der Waals surface area contributed by atoms with Crippen molar-refractivity contribution in [2.24, 2.45) is 0 Å². The van der Waals surface area contributed by atoms with Gasteiger partial charge in [-0.25, -0.2) is 4.98 Å². The lowest BCUT2D eigenvalue weighted by atomic mass is 9.99. The van der Waals surface area contributed by atoms with Crippen molar-refractivity contribution in [2.45, 2.75) is 46.6 Å². The van der Waals surface area contributed by atoms with Gasteiger partial charge in [-0.1, -0.05) is 42.8 Å². The Balaban J connectivity index is 1.61. The minimum absolute atomic E-state index is 0.00871. The molecule has 0 unspecified atom stereocenters. The van der Waals surface area contributed by atoms with E-state index in [1.807, 2.05) is 18.2 Å². The largest absolute Gasteiger partial charge is 0.365 e. The summed E-state index contributed by atoms with van der Waals surface area (Å²) in [5.74, 6) is -0.00871. The number of amides is 1. The number of thiazole rings is 1. The molecule has 0 saturated carbocycles. The van der Waals surface area contributed by atoms with Crippen molar-refractivity contribution in [3.8, 4) is 0 Å². The highest BCUT2D eigenvalue weighted by Gasteiger charge is 2.22. The maximum absolute atomic E-state index is 12.5. The number of carbonyl (C=O) groups is 1. The number of para-hydroxylation sites is 1. The van der Waals surface area contributed by atoms with Gasteiger partial charge in [0.2, 0.25) is 5.91 Å². The Hall–Kier alpha value is -2.66. The molecule has 0 aliphatic carbocycles. The van der Waals surface area contributed by atoms with Gasteiger partial charge < -0.3 is 4.90 Å². The normalized spacial score (nSPS) is 13.3. The highest BCUT2D eigenvalue weighted by Crippen LogP contribution is 2.33. The van der Waals surface area contributed by atoms with Crippen LogP contribution in [0.15, 0.2) is 47.8 Å². The molecule has 1 aromatic heterocycles. The number of hydrogen-bond donors (Lipinski definition) is 0. The number of fused-ring (bicyclic) bond motifs is 1. The molecular weight excluding hydrogens is 378 g/mol. The molecule has 2 aromatic carbocycles. The van der Waals surface area contributed by atoms with E-state index in [0.29, 0.717) is 0 Å². The monoisotopic (exact) mass is 405 g/mol. The maximum atomic E-state index is 12.5. The number of carbonyl (C=O) groups excluding carboxylic acids is 1. The smallest absolute Gasteiger partial charge is 0.230 e. The topological polar surface area (TPSA) is 36.4 Å². The number of nitrogens with zero attached hydrogens (tertiary/aromatic N) is 3. The van der Waals surface area contributed by atoms with Crippen LogP contribution in [0, 0.1) is 6.92 Å². The van der Waals surface area contributed by atoms with E-state index in [1.165, 1.54) is 28.2 Å². The quantitative estimate of drug-likeness (QED) is 0.550. The van der Waals surface area contributed by atoms with Crippen LogP contribution >= 0.6 is 11.3 Å². The van der Waals surface area contributed by atoms with Crippen molar-refractivity contribution in [3.63, 3.8) is 0 Å². The molecule has 4 nitrogen and oxygen atoms in total. The molecule has 0 radical (unpaired) electrons. The summed E-state index contributed by atoms with van der Waals surface area (Å²) in [5.41, 5.74) is 7.15. The summed E-state index contributed by atoms with van der Waals surface area (Å²) in [6.45, 7) is 7.68. The fourth-order valence-corrected chi connectivity index (χ4v) is 4.94. The van der Waals surface area contributed by atoms with E-state index in [0.717, 1.165) is 54.4 Å². The lowest BCUT2D eigenvalue weighted by molar-refractivity contribution is -0.115. The predicted molar refractivity (Wildman–Crippen MR) is 121 cm³/mol. The average Bonchev–Trinajstić information content (AvgIpc) is 3.16. The molecular formula is C24H27N3OS. The minimum Gasteiger partial charge on any atom is -0.365 e. The molecule has 0 saturated heterocycles. The molecule has 150 valence electrons. The zero-order valence-electron chi connectivity index (χ0n) is 17.3. The highest BCUT2D eigenvalue weighted by molar-refractivity contribution is 7.14. The molecule has 1 aliphatic heterocycles. The average molecular weight is 406 g/mol. The second-order valence-corrected chi connectivity index (χ2v) is 8.45. The molecule has 4 rings (SSSR count). The van der Waals surface area contributed by atoms with Crippen LogP contribution in [0.1, 0.15) is 42.7 Å². The van der Waals surface area contributed by atoms with Gasteiger partial charge in [-0.2, -0.15) is 0 Å². The summed E-state index contributed by atoms with van der Waals surface area (Å²) >= 11 is 1.54. The van der Waals surface area contributed by atoms with E-state index in [1.54, 1.807) is 11.8 Å². The molecule has 1 amide bonds. The molecule has 0 bridgehead atoms. The number of anilines is 3. The van der Waals surface area contributed by atoms with Crippen molar-refractivity contribution >= 4 is 33.8 Å². The van der Waals surface area contributed by atoms with E-state index in [-0.39, 0.29) is 5.91 Å². The Morgan fingerprint density at radius 3 is 2.86 bits per heavy atom. The number of benzene rings is 2. The summed E-state index contributed by atoms with van der Waals surface area (Å²) in [6, 6.07) is 14.8. The third-order valence-corrected chi connectivity index (χ3v) is 6.34. The Bertz CT molecular complexity index is 1030. The van der Waals surface area contributed by atoms with Crippen molar-refractivity contribution in [1.29, 1.82) is 0 Å². The van der Waals surface area contributed by atoms with Crippen molar-refractivity contribution in [2.75, 3.05) is 16.3 Å². The Kier molecular flexibility index (Phi) is 5.67. The molecule has 0 atom stereocenters. The van der Waals surface area contributed by atoms with E-state index in [4.69, 9.17) is 4.98 Å². The molecule has 0 N–H and O–H groups in total. The number of hydrogen-bond acceptors (Lipinski definition) is 4. The molecule has 0 fully saturated rings. The van der Waals surface area contributed by atoms with E-state index in [9.17, 15) is 4.79 Å². The Labute approximate surface area is 176 Å². The van der Waals surface area contributed by atoms with Gasteiger partial charge in [0.05, 0.1) is 17.9 Å². The summed E-state index contributed by atoms with van der Waals surface area (Å²) in [7, 11) is 0. The molecule has 1 aliphatic rings. The van der Waals surface area contributed by atoms with Crippen LogP contribution in [0.4, 0.5) is 16.5 Å². The molecule has 3 aromatic rings. The van der Waals surface area contributed by atoms with Gasteiger partial charge in [-0.05, 0) is 49.4 Å². The standard InChI is InChI=1S/C24H27N3OS/c1-4-19-8-5-6-10-23(19)27(18(3)28)24-25-21(16-29-24)15-26-13-7-9-20-14-17(2)11-12-22(20)26/h5-6,8,10-12,14,16H,4,7,9,13,15H2,1-3H3. The van der Waals surface area contributed by atoms with E-state index >= 15 is 0 Å². The van der Waals surface area contributed by atoms with E-state index < -0.39 is 0 Å². The van der Waals surface area contributed by atoms with Gasteiger partial charge in [-0.3, -0.25) is 9.69 Å². The molecule has 5 heteroatoms. The van der Waals surface area contributed by atoms with Gasteiger partial charge in [0.1, 0.15) is 0 Å². The second kappa shape index (κ2) is 8.37. The Morgan fingerprint density at radius 2 is 2.07 bits per heavy atom. The van der Waals surface area contributed by atoms with E-state index in [2.05, 4.69) is 48.4 Å². The van der Waals surface area contributed by atoms with Gasteiger partial charge in [0.25, 0.3) is 0 Å². The fourth-order valence-electron chi connectivity index (χ4n) is 4.07. The predicted octanol–water partition coefficient (Wildman–Crippen LogP) is 5.65. The first-order valence-electron chi connectivity index (χ1n) is 10.2. The zero-order chi connectivity index (χ0) is 20.4. The lowest BCUT2D eigenvalue weighted by Gasteiger charge is -2.31. The van der Waals surface area contributed by atoms with Crippen molar-refractivity contribution in [1.82, 2.24) is 4.98 Å². The fraction of sp³-hybridized carbons (Fsp3) is 0.333. The van der Waals surface area contributed by atoms with Gasteiger partial charge in [0, 0.05) is 24.5 Å². The third-order valence-electron chi connectivity index (χ3n) is 5.46. The van der Waals surface area contributed by atoms with Crippen molar-refractivity contribution in [3.05, 3.63) is 70.2 Å². The summed E-state index contributed by atoms with van der Waals surface area (Å²) in [4.78, 5) is 21.5. The number of aromatic nitrogens is 1. The van der Waals surface area contributed by atoms with Crippen LogP contribution in [0.25, 0.3) is 0 Å². The van der Waals surface area contributed by atoms with Crippen molar-refractivity contribution < 1.29 is 4.79 Å². The minimum atomic E-state index is -0.00871. The first-order valence-corrected chi connectivity index (χ1v) is 11.1. The van der Waals surface area contributed by atoms with Gasteiger partial charge in [-0.15, -0.1) is 11.3 Å².